The van der Waals surface area contributed by atoms with Crippen molar-refractivity contribution in [2.75, 3.05) is 11.6 Å². The first-order valence-electron chi connectivity index (χ1n) is 8.72. The van der Waals surface area contributed by atoms with Crippen LogP contribution in [0.15, 0.2) is 76.9 Å². The average Bonchev–Trinajstić information content (AvgIpc) is 2.69. The van der Waals surface area contributed by atoms with Crippen LogP contribution in [0, 0.1) is 0 Å². The third kappa shape index (κ3) is 4.14. The van der Waals surface area contributed by atoms with E-state index in [4.69, 9.17) is 0 Å². The minimum atomic E-state index is -3.35. The molecule has 0 aliphatic rings. The van der Waals surface area contributed by atoms with Crippen molar-refractivity contribution in [3.63, 3.8) is 0 Å². The summed E-state index contributed by atoms with van der Waals surface area (Å²) in [5, 5.41) is 3.82. The largest absolute Gasteiger partial charge is 0.347 e. The summed E-state index contributed by atoms with van der Waals surface area (Å²) in [6.07, 6.45) is 5.72. The van der Waals surface area contributed by atoms with E-state index in [0.717, 1.165) is 17.5 Å². The topological polar surface area (TPSA) is 107 Å². The van der Waals surface area contributed by atoms with Crippen LogP contribution in [-0.4, -0.2) is 34.2 Å². The van der Waals surface area contributed by atoms with Gasteiger partial charge in [-0.25, -0.2) is 28.2 Å². The van der Waals surface area contributed by atoms with Crippen LogP contribution in [0.4, 0.5) is 11.5 Å². The molecule has 0 amide bonds. The molecular formula is C20H17N5O3S. The first-order chi connectivity index (χ1) is 13.9. The summed E-state index contributed by atoms with van der Waals surface area (Å²) in [6.45, 7) is 0.380. The highest BCUT2D eigenvalue weighted by Crippen LogP contribution is 2.26. The highest BCUT2D eigenvalue weighted by atomic mass is 32.2. The number of nitrogens with one attached hydrogen (secondary N) is 1. The zero-order valence-electron chi connectivity index (χ0n) is 15.5. The molecular weight excluding hydrogens is 390 g/mol. The van der Waals surface area contributed by atoms with Crippen molar-refractivity contribution >= 4 is 32.2 Å². The van der Waals surface area contributed by atoms with Crippen LogP contribution in [0.25, 0.3) is 10.9 Å². The molecule has 0 spiro atoms. The van der Waals surface area contributed by atoms with E-state index in [1.54, 1.807) is 24.4 Å². The van der Waals surface area contributed by atoms with Gasteiger partial charge in [-0.05, 0) is 42.0 Å². The molecule has 0 saturated heterocycles. The minimum Gasteiger partial charge on any atom is -0.340 e. The summed E-state index contributed by atoms with van der Waals surface area (Å²) in [4.78, 5) is 24.3. The maximum atomic E-state index is 11.9. The normalized spacial score (nSPS) is 11.5. The molecule has 29 heavy (non-hydrogen) atoms. The molecule has 8 nitrogen and oxygen atoms in total. The quantitative estimate of drug-likeness (QED) is 0.541. The standard InChI is InChI=1S/C20H17N5O3S/c1-29(27,28)16-6-7-18-17(11-16)19(23-13-22-18)24-15-5-2-4-14(10-15)12-25-9-3-8-21-20(25)26/h2-11,13H,12H2,1H3,(H,22,23,24). The summed E-state index contributed by atoms with van der Waals surface area (Å²) in [5.41, 5.74) is 1.97. The van der Waals surface area contributed by atoms with E-state index >= 15 is 0 Å². The summed E-state index contributed by atoms with van der Waals surface area (Å²) in [7, 11) is -3.35. The first-order valence-corrected chi connectivity index (χ1v) is 10.6. The second kappa shape index (κ2) is 7.44. The molecule has 9 heteroatoms. The summed E-state index contributed by atoms with van der Waals surface area (Å²) in [6, 6.07) is 14.0. The Balaban J connectivity index is 1.68. The predicted octanol–water partition coefficient (Wildman–Crippen LogP) is 2.38. The molecule has 1 N–H and O–H groups in total. The summed E-state index contributed by atoms with van der Waals surface area (Å²) >= 11 is 0. The number of rotatable bonds is 5. The number of fused-ring (bicyclic) bond motifs is 1. The lowest BCUT2D eigenvalue weighted by Gasteiger charge is -2.11. The lowest BCUT2D eigenvalue weighted by molar-refractivity contribution is 0.602. The number of nitrogens with zero attached hydrogens (tertiary/aromatic N) is 4. The number of hydrogen-bond acceptors (Lipinski definition) is 7. The van der Waals surface area contributed by atoms with E-state index < -0.39 is 9.84 Å². The van der Waals surface area contributed by atoms with Gasteiger partial charge in [-0.3, -0.25) is 4.57 Å². The minimum absolute atomic E-state index is 0.201. The van der Waals surface area contributed by atoms with Crippen molar-refractivity contribution in [3.05, 3.63) is 83.3 Å². The van der Waals surface area contributed by atoms with Gasteiger partial charge in [0.15, 0.2) is 9.84 Å². The van der Waals surface area contributed by atoms with E-state index in [2.05, 4.69) is 20.3 Å². The first kappa shape index (κ1) is 18.8. The molecule has 0 atom stereocenters. The Morgan fingerprint density at radius 3 is 2.69 bits per heavy atom. The van der Waals surface area contributed by atoms with Crippen LogP contribution in [-0.2, 0) is 16.4 Å². The Kier molecular flexibility index (Phi) is 4.81. The Morgan fingerprint density at radius 1 is 1.03 bits per heavy atom. The molecule has 0 radical (unpaired) electrons. The third-order valence-corrected chi connectivity index (χ3v) is 5.47. The molecule has 0 unspecified atom stereocenters. The van der Waals surface area contributed by atoms with Gasteiger partial charge >= 0.3 is 5.69 Å². The van der Waals surface area contributed by atoms with Gasteiger partial charge in [0, 0.05) is 29.7 Å². The van der Waals surface area contributed by atoms with Crippen LogP contribution in [0.5, 0.6) is 0 Å². The Bertz CT molecular complexity index is 1370. The lowest BCUT2D eigenvalue weighted by atomic mass is 10.2. The van der Waals surface area contributed by atoms with Crippen molar-refractivity contribution in [2.45, 2.75) is 11.4 Å². The van der Waals surface area contributed by atoms with E-state index in [1.165, 1.54) is 23.2 Å². The highest BCUT2D eigenvalue weighted by Gasteiger charge is 2.11. The maximum absolute atomic E-state index is 11.9. The zero-order valence-corrected chi connectivity index (χ0v) is 16.3. The monoisotopic (exact) mass is 407 g/mol. The van der Waals surface area contributed by atoms with Gasteiger partial charge in [-0.15, -0.1) is 0 Å². The second-order valence-electron chi connectivity index (χ2n) is 6.53. The third-order valence-electron chi connectivity index (χ3n) is 4.36. The van der Waals surface area contributed by atoms with Crippen LogP contribution in [0.3, 0.4) is 0 Å². The fourth-order valence-electron chi connectivity index (χ4n) is 2.95. The van der Waals surface area contributed by atoms with E-state index in [9.17, 15) is 13.2 Å². The number of sulfone groups is 1. The van der Waals surface area contributed by atoms with Crippen LogP contribution in [0.1, 0.15) is 5.56 Å². The SMILES string of the molecule is CS(=O)(=O)c1ccc2ncnc(Nc3cccc(Cn4cccnc4=O)c3)c2c1. The van der Waals surface area contributed by atoms with Gasteiger partial charge in [-0.2, -0.15) is 0 Å². The fourth-order valence-corrected chi connectivity index (χ4v) is 3.60. The van der Waals surface area contributed by atoms with E-state index in [1.807, 2.05) is 24.3 Å². The molecule has 0 aliphatic carbocycles. The second-order valence-corrected chi connectivity index (χ2v) is 8.54. The van der Waals surface area contributed by atoms with Gasteiger partial charge in [0.1, 0.15) is 12.1 Å². The van der Waals surface area contributed by atoms with Crippen molar-refractivity contribution in [2.24, 2.45) is 0 Å². The van der Waals surface area contributed by atoms with Crippen LogP contribution >= 0.6 is 0 Å². The van der Waals surface area contributed by atoms with E-state index in [-0.39, 0.29) is 10.6 Å². The van der Waals surface area contributed by atoms with Crippen molar-refractivity contribution in [1.82, 2.24) is 19.5 Å². The van der Waals surface area contributed by atoms with Crippen molar-refractivity contribution < 1.29 is 8.42 Å². The van der Waals surface area contributed by atoms with Gasteiger partial charge in [0.2, 0.25) is 0 Å². The van der Waals surface area contributed by atoms with Gasteiger partial charge in [0.05, 0.1) is 17.0 Å². The summed E-state index contributed by atoms with van der Waals surface area (Å²) < 4.78 is 25.3. The van der Waals surface area contributed by atoms with Crippen molar-refractivity contribution in [1.29, 1.82) is 0 Å². The van der Waals surface area contributed by atoms with Gasteiger partial charge < -0.3 is 5.32 Å². The number of aromatic nitrogens is 4. The molecule has 146 valence electrons. The molecule has 2 heterocycles. The molecule has 4 rings (SSSR count). The highest BCUT2D eigenvalue weighted by molar-refractivity contribution is 7.90. The Morgan fingerprint density at radius 2 is 1.90 bits per heavy atom. The molecule has 0 fully saturated rings. The summed E-state index contributed by atoms with van der Waals surface area (Å²) in [5.74, 6) is 0.496. The molecule has 0 aliphatic heterocycles. The lowest BCUT2D eigenvalue weighted by Crippen LogP contribution is -2.21. The molecule has 0 saturated carbocycles. The van der Waals surface area contributed by atoms with Crippen LogP contribution in [0.2, 0.25) is 0 Å². The molecule has 4 aromatic rings. The van der Waals surface area contributed by atoms with Gasteiger partial charge in [0.25, 0.3) is 0 Å². The van der Waals surface area contributed by atoms with Gasteiger partial charge in [-0.1, -0.05) is 12.1 Å². The van der Waals surface area contributed by atoms with E-state index in [0.29, 0.717) is 23.3 Å². The Hall–Kier alpha value is -3.59. The van der Waals surface area contributed by atoms with Crippen LogP contribution < -0.4 is 11.0 Å². The maximum Gasteiger partial charge on any atom is 0.347 e. The number of anilines is 2. The number of benzene rings is 2. The average molecular weight is 407 g/mol. The molecule has 0 bridgehead atoms. The molecule has 2 aromatic heterocycles. The number of hydrogen-bond donors (Lipinski definition) is 1. The fraction of sp³-hybridized carbons (Fsp3) is 0.100. The van der Waals surface area contributed by atoms with Crippen molar-refractivity contribution in [3.8, 4) is 0 Å². The predicted molar refractivity (Wildman–Crippen MR) is 110 cm³/mol. The smallest absolute Gasteiger partial charge is 0.340 e. The zero-order chi connectivity index (χ0) is 20.4. The molecule has 2 aromatic carbocycles. The Labute approximate surface area is 166 Å².